The number of nitrogens with two attached hydrogens (primary N) is 1. The van der Waals surface area contributed by atoms with Crippen LogP contribution in [0.5, 0.6) is 5.75 Å². The average molecular weight is 384 g/mol. The van der Waals surface area contributed by atoms with Crippen LogP contribution >= 0.6 is 0 Å². The van der Waals surface area contributed by atoms with Crippen molar-refractivity contribution in [1.82, 2.24) is 14.3 Å². The van der Waals surface area contributed by atoms with E-state index in [0.29, 0.717) is 48.8 Å². The lowest BCUT2D eigenvalue weighted by molar-refractivity contribution is 0.0298. The first kappa shape index (κ1) is 18.2. The van der Waals surface area contributed by atoms with E-state index in [1.165, 1.54) is 25.3 Å². The van der Waals surface area contributed by atoms with E-state index >= 15 is 0 Å². The normalized spacial score (nSPS) is 14.5. The number of anilines is 1. The van der Waals surface area contributed by atoms with Crippen molar-refractivity contribution >= 4 is 17.2 Å². The molecule has 1 amide bonds. The summed E-state index contributed by atoms with van der Waals surface area (Å²) in [7, 11) is 1.49. The molecule has 7 nitrogen and oxygen atoms in total. The molecule has 0 spiro atoms. The van der Waals surface area contributed by atoms with Crippen LogP contribution in [0.15, 0.2) is 30.3 Å². The highest BCUT2D eigenvalue weighted by Gasteiger charge is 2.28. The largest absolute Gasteiger partial charge is 0.496 e. The molecule has 0 bridgehead atoms. The topological polar surface area (TPSA) is 82.1 Å². The van der Waals surface area contributed by atoms with Gasteiger partial charge >= 0.3 is 0 Å². The zero-order valence-electron chi connectivity index (χ0n) is 15.7. The van der Waals surface area contributed by atoms with Crippen molar-refractivity contribution in [2.24, 2.45) is 0 Å². The molecule has 3 heterocycles. The fourth-order valence-electron chi connectivity index (χ4n) is 3.54. The van der Waals surface area contributed by atoms with Crippen molar-refractivity contribution in [2.75, 3.05) is 39.1 Å². The minimum atomic E-state index is -0.453. The number of carbonyl (C=O) groups is 1. The van der Waals surface area contributed by atoms with Gasteiger partial charge in [-0.15, -0.1) is 0 Å². The average Bonchev–Trinajstić information content (AvgIpc) is 3.10. The van der Waals surface area contributed by atoms with Gasteiger partial charge in [0, 0.05) is 24.3 Å². The van der Waals surface area contributed by atoms with Crippen LogP contribution < -0.4 is 10.5 Å². The van der Waals surface area contributed by atoms with Gasteiger partial charge in [0.05, 0.1) is 25.8 Å². The van der Waals surface area contributed by atoms with Crippen LogP contribution in [0.2, 0.25) is 0 Å². The lowest BCUT2D eigenvalue weighted by Gasteiger charge is -2.28. The molecule has 1 saturated heterocycles. The highest BCUT2D eigenvalue weighted by atomic mass is 19.1. The Kier molecular flexibility index (Phi) is 4.64. The third kappa shape index (κ3) is 2.95. The number of hydrogen-bond acceptors (Lipinski definition) is 5. The first-order valence-corrected chi connectivity index (χ1v) is 8.99. The number of hydrogen-bond donors (Lipinski definition) is 1. The SMILES string of the molecule is COc1ccc(F)cc1-c1nc(N)c2ccc(C)n2c1C(=O)N1CCOCC1. The third-order valence-electron chi connectivity index (χ3n) is 4.94. The van der Waals surface area contributed by atoms with Crippen molar-refractivity contribution in [3.8, 4) is 17.0 Å². The molecule has 28 heavy (non-hydrogen) atoms. The predicted molar refractivity (Wildman–Crippen MR) is 103 cm³/mol. The molecule has 8 heteroatoms. The minimum absolute atomic E-state index is 0.207. The van der Waals surface area contributed by atoms with E-state index in [1.807, 2.05) is 19.1 Å². The lowest BCUT2D eigenvalue weighted by Crippen LogP contribution is -2.41. The molecule has 1 aliphatic rings. The number of aryl methyl sites for hydroxylation is 1. The van der Waals surface area contributed by atoms with E-state index in [9.17, 15) is 9.18 Å². The maximum Gasteiger partial charge on any atom is 0.273 e. The number of amides is 1. The molecule has 1 fully saturated rings. The Labute approximate surface area is 161 Å². The van der Waals surface area contributed by atoms with Crippen molar-refractivity contribution in [3.63, 3.8) is 0 Å². The molecule has 1 aliphatic heterocycles. The van der Waals surface area contributed by atoms with Crippen LogP contribution in [-0.4, -0.2) is 53.6 Å². The van der Waals surface area contributed by atoms with Crippen LogP contribution in [0.3, 0.4) is 0 Å². The number of methoxy groups -OCH3 is 1. The molecule has 0 unspecified atom stereocenters. The van der Waals surface area contributed by atoms with Gasteiger partial charge < -0.3 is 24.5 Å². The summed E-state index contributed by atoms with van der Waals surface area (Å²) in [4.78, 5) is 19.7. The Hall–Kier alpha value is -3.13. The predicted octanol–water partition coefficient (Wildman–Crippen LogP) is 2.51. The van der Waals surface area contributed by atoms with Crippen LogP contribution in [0, 0.1) is 12.7 Å². The van der Waals surface area contributed by atoms with Gasteiger partial charge in [0.1, 0.15) is 28.8 Å². The number of ether oxygens (including phenoxy) is 2. The molecule has 3 aromatic rings. The number of aromatic nitrogens is 2. The lowest BCUT2D eigenvalue weighted by atomic mass is 10.1. The summed E-state index contributed by atoms with van der Waals surface area (Å²) in [5.41, 5.74) is 8.63. The van der Waals surface area contributed by atoms with Gasteiger partial charge in [-0.1, -0.05) is 0 Å². The van der Waals surface area contributed by atoms with E-state index in [1.54, 1.807) is 9.30 Å². The zero-order chi connectivity index (χ0) is 19.8. The molecule has 0 aliphatic carbocycles. The van der Waals surface area contributed by atoms with Gasteiger partial charge in [-0.25, -0.2) is 9.37 Å². The molecule has 146 valence electrons. The molecule has 0 saturated carbocycles. The first-order valence-electron chi connectivity index (χ1n) is 8.99. The van der Waals surface area contributed by atoms with E-state index in [4.69, 9.17) is 15.2 Å². The summed E-state index contributed by atoms with van der Waals surface area (Å²) in [5.74, 6) is 0.00751. The van der Waals surface area contributed by atoms with E-state index in [-0.39, 0.29) is 17.4 Å². The van der Waals surface area contributed by atoms with Gasteiger partial charge in [-0.05, 0) is 37.3 Å². The number of fused-ring (bicyclic) bond motifs is 1. The summed E-state index contributed by atoms with van der Waals surface area (Å²) in [6.45, 7) is 3.78. The van der Waals surface area contributed by atoms with E-state index < -0.39 is 5.82 Å². The van der Waals surface area contributed by atoms with Crippen molar-refractivity contribution in [2.45, 2.75) is 6.92 Å². The Morgan fingerprint density at radius 3 is 2.71 bits per heavy atom. The number of carbonyl (C=O) groups excluding carboxylic acids is 1. The van der Waals surface area contributed by atoms with Gasteiger partial charge in [-0.2, -0.15) is 0 Å². The molecule has 2 N–H and O–H groups in total. The standard InChI is InChI=1S/C20H21FN4O3/c1-12-3-5-15-19(22)23-17(14-11-13(21)4-6-16(14)27-2)18(25(12)15)20(26)24-7-9-28-10-8-24/h3-6,11H,7-10H2,1-2H3,(H2,22,23). The van der Waals surface area contributed by atoms with Crippen molar-refractivity contribution in [1.29, 1.82) is 0 Å². The molecular formula is C20H21FN4O3. The molecule has 0 atom stereocenters. The Morgan fingerprint density at radius 1 is 1.25 bits per heavy atom. The zero-order valence-corrected chi connectivity index (χ0v) is 15.7. The summed E-state index contributed by atoms with van der Waals surface area (Å²) in [6.07, 6.45) is 0. The van der Waals surface area contributed by atoms with Gasteiger partial charge in [-0.3, -0.25) is 4.79 Å². The van der Waals surface area contributed by atoms with Crippen molar-refractivity contribution in [3.05, 3.63) is 47.5 Å². The molecule has 0 radical (unpaired) electrons. The smallest absolute Gasteiger partial charge is 0.273 e. The molecule has 2 aromatic heterocycles. The summed E-state index contributed by atoms with van der Waals surface area (Å²) in [5, 5.41) is 0. The second-order valence-electron chi connectivity index (χ2n) is 6.64. The van der Waals surface area contributed by atoms with Gasteiger partial charge in [0.2, 0.25) is 0 Å². The Bertz CT molecular complexity index is 1060. The number of rotatable bonds is 3. The number of nitrogens with zero attached hydrogens (tertiary/aromatic N) is 3. The molecule has 4 rings (SSSR count). The first-order chi connectivity index (χ1) is 13.5. The summed E-state index contributed by atoms with van der Waals surface area (Å²) < 4.78 is 26.6. The number of benzene rings is 1. The van der Waals surface area contributed by atoms with E-state index in [0.717, 1.165) is 5.69 Å². The fourth-order valence-corrected chi connectivity index (χ4v) is 3.54. The van der Waals surface area contributed by atoms with Crippen LogP contribution in [0.25, 0.3) is 16.8 Å². The Morgan fingerprint density at radius 2 is 2.00 bits per heavy atom. The quantitative estimate of drug-likeness (QED) is 0.750. The number of halogens is 1. The Balaban J connectivity index is 2.02. The maximum atomic E-state index is 14.1. The third-order valence-corrected chi connectivity index (χ3v) is 4.94. The van der Waals surface area contributed by atoms with E-state index in [2.05, 4.69) is 4.98 Å². The highest BCUT2D eigenvalue weighted by Crippen LogP contribution is 2.35. The minimum Gasteiger partial charge on any atom is -0.496 e. The number of nitrogen functional groups attached to an aromatic ring is 1. The molecular weight excluding hydrogens is 363 g/mol. The summed E-state index contributed by atoms with van der Waals surface area (Å²) in [6, 6.07) is 7.81. The highest BCUT2D eigenvalue weighted by molar-refractivity contribution is 6.01. The monoisotopic (exact) mass is 384 g/mol. The number of morpholine rings is 1. The second kappa shape index (κ2) is 7.12. The second-order valence-corrected chi connectivity index (χ2v) is 6.64. The van der Waals surface area contributed by atoms with Gasteiger partial charge in [0.15, 0.2) is 0 Å². The van der Waals surface area contributed by atoms with Crippen LogP contribution in [-0.2, 0) is 4.74 Å². The molecule has 1 aromatic carbocycles. The van der Waals surface area contributed by atoms with Crippen LogP contribution in [0.4, 0.5) is 10.2 Å². The van der Waals surface area contributed by atoms with Crippen molar-refractivity contribution < 1.29 is 18.7 Å². The fraction of sp³-hybridized carbons (Fsp3) is 0.300. The summed E-state index contributed by atoms with van der Waals surface area (Å²) >= 11 is 0. The van der Waals surface area contributed by atoms with Crippen LogP contribution in [0.1, 0.15) is 16.2 Å². The van der Waals surface area contributed by atoms with Gasteiger partial charge in [0.25, 0.3) is 5.91 Å². The maximum absolute atomic E-state index is 14.1.